The maximum atomic E-state index is 12.2. The zero-order valence-electron chi connectivity index (χ0n) is 12.0. The maximum Gasteiger partial charge on any atom is 0.317 e. The molecule has 0 radical (unpaired) electrons. The Bertz CT molecular complexity index is 287. The van der Waals surface area contributed by atoms with E-state index in [0.717, 1.165) is 51.4 Å². The maximum absolute atomic E-state index is 12.2. The summed E-state index contributed by atoms with van der Waals surface area (Å²) in [6, 6.07) is 0.511. The van der Waals surface area contributed by atoms with Crippen molar-refractivity contribution >= 4 is 6.03 Å². The molecular formula is C14H27N3O. The molecule has 2 unspecified atom stereocenters. The lowest BCUT2D eigenvalue weighted by Gasteiger charge is -2.37. The normalized spacial score (nSPS) is 31.4. The predicted octanol–water partition coefficient (Wildman–Crippen LogP) is 1.77. The van der Waals surface area contributed by atoms with E-state index in [1.807, 2.05) is 4.90 Å². The minimum absolute atomic E-state index is 0.156. The van der Waals surface area contributed by atoms with Gasteiger partial charge in [0, 0.05) is 25.7 Å². The first-order valence-electron chi connectivity index (χ1n) is 7.30. The Morgan fingerprint density at radius 2 is 1.78 bits per heavy atom. The monoisotopic (exact) mass is 253 g/mol. The topological polar surface area (TPSA) is 35.6 Å². The lowest BCUT2D eigenvalue weighted by atomic mass is 9.94. The van der Waals surface area contributed by atoms with E-state index in [1.54, 1.807) is 0 Å². The Balaban J connectivity index is 1.80. The molecule has 2 amide bonds. The summed E-state index contributed by atoms with van der Waals surface area (Å²) in [6.45, 7) is 8.53. The van der Waals surface area contributed by atoms with Gasteiger partial charge in [-0.15, -0.1) is 0 Å². The van der Waals surface area contributed by atoms with E-state index in [1.165, 1.54) is 0 Å². The van der Waals surface area contributed by atoms with Gasteiger partial charge in [-0.25, -0.2) is 4.79 Å². The molecule has 2 heterocycles. The van der Waals surface area contributed by atoms with Gasteiger partial charge in [0.05, 0.1) is 0 Å². The van der Waals surface area contributed by atoms with Crippen molar-refractivity contribution in [3.8, 4) is 0 Å². The van der Waals surface area contributed by atoms with Crippen molar-refractivity contribution in [1.82, 2.24) is 15.1 Å². The highest BCUT2D eigenvalue weighted by Crippen LogP contribution is 2.18. The zero-order valence-corrected chi connectivity index (χ0v) is 12.0. The van der Waals surface area contributed by atoms with Crippen LogP contribution >= 0.6 is 0 Å². The van der Waals surface area contributed by atoms with Crippen LogP contribution in [-0.2, 0) is 0 Å². The number of nitrogens with zero attached hydrogens (tertiary/aromatic N) is 2. The molecule has 2 aliphatic heterocycles. The van der Waals surface area contributed by atoms with Crippen LogP contribution in [0.2, 0.25) is 0 Å². The van der Waals surface area contributed by atoms with E-state index in [4.69, 9.17) is 0 Å². The summed E-state index contributed by atoms with van der Waals surface area (Å²) in [5.41, 5.74) is 0. The number of carbonyl (C=O) groups excluding carboxylic acids is 1. The number of rotatable bonds is 1. The number of amides is 2. The van der Waals surface area contributed by atoms with Crippen molar-refractivity contribution < 1.29 is 4.79 Å². The number of likely N-dealkylation sites (tertiary alicyclic amines) is 2. The van der Waals surface area contributed by atoms with Crippen molar-refractivity contribution in [3.05, 3.63) is 0 Å². The second-order valence-corrected chi connectivity index (χ2v) is 6.25. The molecule has 2 fully saturated rings. The van der Waals surface area contributed by atoms with E-state index in [9.17, 15) is 4.79 Å². The first kappa shape index (κ1) is 13.7. The molecule has 0 aromatic rings. The second-order valence-electron chi connectivity index (χ2n) is 6.25. The van der Waals surface area contributed by atoms with E-state index in [0.29, 0.717) is 12.0 Å². The average Bonchev–Trinajstić information content (AvgIpc) is 2.33. The minimum Gasteiger partial charge on any atom is -0.335 e. The fraction of sp³-hybridized carbons (Fsp3) is 0.929. The van der Waals surface area contributed by atoms with Gasteiger partial charge >= 0.3 is 6.03 Å². The Morgan fingerprint density at radius 1 is 1.11 bits per heavy atom. The van der Waals surface area contributed by atoms with Gasteiger partial charge in [0.25, 0.3) is 0 Å². The lowest BCUT2D eigenvalue weighted by molar-refractivity contribution is 0.145. The third-order valence-electron chi connectivity index (χ3n) is 4.49. The van der Waals surface area contributed by atoms with Gasteiger partial charge in [0.1, 0.15) is 0 Å². The van der Waals surface area contributed by atoms with E-state index >= 15 is 0 Å². The number of hydrogen-bond donors (Lipinski definition) is 1. The summed E-state index contributed by atoms with van der Waals surface area (Å²) in [5.74, 6) is 1.33. The highest BCUT2D eigenvalue weighted by atomic mass is 16.2. The minimum atomic E-state index is 0.156. The zero-order chi connectivity index (χ0) is 13.1. The highest BCUT2D eigenvalue weighted by Gasteiger charge is 2.28. The molecule has 0 saturated carbocycles. The van der Waals surface area contributed by atoms with Crippen molar-refractivity contribution in [1.29, 1.82) is 0 Å². The standard InChI is InChI=1S/C14H27N3O/c1-11-4-8-17(9-5-11)14(18)15-13-6-7-16(3)10-12(13)2/h11-13H,4-10H2,1-3H3,(H,15,18). The molecule has 2 atom stereocenters. The predicted molar refractivity (Wildman–Crippen MR) is 73.6 cm³/mol. The molecule has 0 bridgehead atoms. The van der Waals surface area contributed by atoms with Crippen LogP contribution in [0.3, 0.4) is 0 Å². The molecule has 104 valence electrons. The van der Waals surface area contributed by atoms with E-state index < -0.39 is 0 Å². The molecule has 0 aromatic heterocycles. The molecule has 0 aliphatic carbocycles. The van der Waals surface area contributed by atoms with Gasteiger partial charge in [-0.1, -0.05) is 13.8 Å². The first-order chi connectivity index (χ1) is 8.56. The Kier molecular flexibility index (Phi) is 4.49. The summed E-state index contributed by atoms with van der Waals surface area (Å²) in [7, 11) is 2.15. The second kappa shape index (κ2) is 5.91. The number of piperidine rings is 2. The molecule has 4 nitrogen and oxygen atoms in total. The van der Waals surface area contributed by atoms with Crippen molar-refractivity contribution in [2.24, 2.45) is 11.8 Å². The van der Waals surface area contributed by atoms with Crippen LogP contribution in [0.1, 0.15) is 33.1 Å². The SMILES string of the molecule is CC1CCN(C(=O)NC2CCN(C)CC2C)CC1. The Hall–Kier alpha value is -0.770. The van der Waals surface area contributed by atoms with Crippen LogP contribution < -0.4 is 5.32 Å². The van der Waals surface area contributed by atoms with Gasteiger partial charge in [-0.05, 0) is 44.7 Å². The number of nitrogens with one attached hydrogen (secondary N) is 1. The molecule has 2 aliphatic rings. The molecule has 0 aromatic carbocycles. The molecular weight excluding hydrogens is 226 g/mol. The molecule has 0 spiro atoms. The Labute approximate surface area is 111 Å². The van der Waals surface area contributed by atoms with Crippen LogP contribution in [0.15, 0.2) is 0 Å². The van der Waals surface area contributed by atoms with Crippen LogP contribution in [0.25, 0.3) is 0 Å². The van der Waals surface area contributed by atoms with Crippen molar-refractivity contribution in [2.75, 3.05) is 33.2 Å². The molecule has 1 N–H and O–H groups in total. The van der Waals surface area contributed by atoms with Crippen LogP contribution in [0, 0.1) is 11.8 Å². The number of hydrogen-bond acceptors (Lipinski definition) is 2. The van der Waals surface area contributed by atoms with Crippen molar-refractivity contribution in [3.63, 3.8) is 0 Å². The summed E-state index contributed by atoms with van der Waals surface area (Å²) in [5, 5.41) is 3.23. The van der Waals surface area contributed by atoms with Crippen LogP contribution in [-0.4, -0.2) is 55.1 Å². The molecule has 4 heteroatoms. The first-order valence-corrected chi connectivity index (χ1v) is 7.30. The third kappa shape index (κ3) is 3.37. The number of urea groups is 1. The number of carbonyl (C=O) groups is 1. The molecule has 2 rings (SSSR count). The van der Waals surface area contributed by atoms with Crippen LogP contribution in [0.5, 0.6) is 0 Å². The fourth-order valence-electron chi connectivity index (χ4n) is 3.03. The third-order valence-corrected chi connectivity index (χ3v) is 4.49. The summed E-state index contributed by atoms with van der Waals surface area (Å²) in [6.07, 6.45) is 3.38. The van der Waals surface area contributed by atoms with Crippen LogP contribution in [0.4, 0.5) is 4.79 Å². The van der Waals surface area contributed by atoms with E-state index in [-0.39, 0.29) is 6.03 Å². The fourth-order valence-corrected chi connectivity index (χ4v) is 3.03. The van der Waals surface area contributed by atoms with Gasteiger partial charge in [-0.3, -0.25) is 0 Å². The Morgan fingerprint density at radius 3 is 2.39 bits per heavy atom. The smallest absolute Gasteiger partial charge is 0.317 e. The largest absolute Gasteiger partial charge is 0.335 e. The summed E-state index contributed by atoms with van der Waals surface area (Å²) < 4.78 is 0. The van der Waals surface area contributed by atoms with Gasteiger partial charge in [0.2, 0.25) is 0 Å². The molecule has 18 heavy (non-hydrogen) atoms. The van der Waals surface area contributed by atoms with Crippen molar-refractivity contribution in [2.45, 2.75) is 39.2 Å². The van der Waals surface area contributed by atoms with Gasteiger partial charge < -0.3 is 15.1 Å². The van der Waals surface area contributed by atoms with E-state index in [2.05, 4.69) is 31.1 Å². The summed E-state index contributed by atoms with van der Waals surface area (Å²) >= 11 is 0. The van der Waals surface area contributed by atoms with Gasteiger partial charge in [0.15, 0.2) is 0 Å². The highest BCUT2D eigenvalue weighted by molar-refractivity contribution is 5.74. The molecule has 2 saturated heterocycles. The average molecular weight is 253 g/mol. The lowest BCUT2D eigenvalue weighted by Crippen LogP contribution is -2.53. The van der Waals surface area contributed by atoms with Gasteiger partial charge in [-0.2, -0.15) is 0 Å². The quantitative estimate of drug-likeness (QED) is 0.773. The summed E-state index contributed by atoms with van der Waals surface area (Å²) in [4.78, 5) is 16.5.